The van der Waals surface area contributed by atoms with Gasteiger partial charge >= 0.3 is 0 Å². The molecule has 0 fully saturated rings. The van der Waals surface area contributed by atoms with E-state index < -0.39 is 0 Å². The summed E-state index contributed by atoms with van der Waals surface area (Å²) in [6, 6.07) is 2.00. The molecule has 0 aliphatic carbocycles. The van der Waals surface area contributed by atoms with Gasteiger partial charge in [0, 0.05) is 22.5 Å². The molecule has 1 heterocycles. The first kappa shape index (κ1) is 13.0. The molecule has 0 saturated heterocycles. The Morgan fingerprint density at radius 2 is 1.80 bits per heavy atom. The van der Waals surface area contributed by atoms with Gasteiger partial charge in [-0.3, -0.25) is 0 Å². The van der Waals surface area contributed by atoms with Crippen molar-refractivity contribution in [2.45, 2.75) is 32.9 Å². The van der Waals surface area contributed by atoms with Crippen LogP contribution in [0.25, 0.3) is 0 Å². The lowest BCUT2D eigenvalue weighted by Gasteiger charge is -2.20. The zero-order chi connectivity index (χ0) is 11.5. The van der Waals surface area contributed by atoms with E-state index in [2.05, 4.69) is 39.7 Å². The van der Waals surface area contributed by atoms with E-state index in [4.69, 9.17) is 0 Å². The van der Waals surface area contributed by atoms with Gasteiger partial charge in [0.15, 0.2) is 5.16 Å². The highest BCUT2D eigenvalue weighted by Gasteiger charge is 2.17. The fraction of sp³-hybridized carbons (Fsp3) is 0.636. The van der Waals surface area contributed by atoms with Gasteiger partial charge in [0.2, 0.25) is 0 Å². The monoisotopic (exact) mass is 288 g/mol. The number of alkyl halides is 1. The summed E-state index contributed by atoms with van der Waals surface area (Å²) in [4.78, 5) is 8.82. The summed E-state index contributed by atoms with van der Waals surface area (Å²) in [5.74, 6) is 1.03. The third-order valence-corrected chi connectivity index (χ3v) is 4.80. The lowest BCUT2D eigenvalue weighted by atomic mass is 10.0. The predicted molar refractivity (Wildman–Crippen MR) is 69.8 cm³/mol. The number of nitrogens with zero attached hydrogens (tertiary/aromatic N) is 2. The Bertz CT molecular complexity index is 319. The molecule has 0 spiro atoms. The highest BCUT2D eigenvalue weighted by atomic mass is 79.9. The largest absolute Gasteiger partial charge is 0.228 e. The number of aromatic nitrogens is 2. The van der Waals surface area contributed by atoms with Crippen molar-refractivity contribution in [3.8, 4) is 0 Å². The molecule has 2 nitrogen and oxygen atoms in total. The molecule has 1 rings (SSSR count). The van der Waals surface area contributed by atoms with E-state index in [1.54, 1.807) is 11.8 Å². The number of thioether (sulfide) groups is 1. The summed E-state index contributed by atoms with van der Waals surface area (Å²) >= 11 is 5.25. The first-order valence-electron chi connectivity index (χ1n) is 4.94. The zero-order valence-electron chi connectivity index (χ0n) is 9.67. The highest BCUT2D eigenvalue weighted by Crippen LogP contribution is 2.27. The van der Waals surface area contributed by atoms with E-state index in [0.29, 0.717) is 0 Å². The minimum absolute atomic E-state index is 0.283. The Kier molecular flexibility index (Phi) is 4.59. The maximum atomic E-state index is 4.41. The Morgan fingerprint density at radius 3 is 2.27 bits per heavy atom. The Balaban J connectivity index is 2.65. The number of hydrogen-bond acceptors (Lipinski definition) is 3. The van der Waals surface area contributed by atoms with Gasteiger partial charge in [-0.1, -0.05) is 41.5 Å². The molecule has 0 aliphatic heterocycles. The smallest absolute Gasteiger partial charge is 0.187 e. The van der Waals surface area contributed by atoms with Crippen molar-refractivity contribution in [3.05, 3.63) is 17.5 Å². The summed E-state index contributed by atoms with van der Waals surface area (Å²) in [5, 5.41) is 1.89. The molecular weight excluding hydrogens is 272 g/mol. The molecular formula is C11H17BrN2S. The molecule has 0 saturated carbocycles. The fourth-order valence-electron chi connectivity index (χ4n) is 1.06. The molecule has 0 unspecified atom stereocenters. The Morgan fingerprint density at radius 1 is 1.27 bits per heavy atom. The minimum Gasteiger partial charge on any atom is -0.228 e. The van der Waals surface area contributed by atoms with Crippen LogP contribution in [-0.4, -0.2) is 21.1 Å². The van der Waals surface area contributed by atoms with Gasteiger partial charge in [0.25, 0.3) is 0 Å². The molecule has 15 heavy (non-hydrogen) atoms. The maximum Gasteiger partial charge on any atom is 0.187 e. The van der Waals surface area contributed by atoms with E-state index in [9.17, 15) is 0 Å². The number of halogens is 1. The topological polar surface area (TPSA) is 25.8 Å². The summed E-state index contributed by atoms with van der Waals surface area (Å²) in [7, 11) is 0. The van der Waals surface area contributed by atoms with Gasteiger partial charge in [-0.15, -0.1) is 0 Å². The molecule has 0 aliphatic rings. The van der Waals surface area contributed by atoms with Crippen molar-refractivity contribution in [3.63, 3.8) is 0 Å². The summed E-state index contributed by atoms with van der Waals surface area (Å²) in [6.45, 7) is 8.48. The van der Waals surface area contributed by atoms with Crippen molar-refractivity contribution >= 4 is 27.7 Å². The van der Waals surface area contributed by atoms with Crippen LogP contribution in [-0.2, 0) is 0 Å². The third-order valence-electron chi connectivity index (χ3n) is 1.92. The third kappa shape index (κ3) is 4.51. The lowest BCUT2D eigenvalue weighted by molar-refractivity contribution is 0.495. The number of rotatable bonds is 4. The van der Waals surface area contributed by atoms with Crippen LogP contribution >= 0.6 is 27.7 Å². The van der Waals surface area contributed by atoms with E-state index in [0.717, 1.165) is 27.6 Å². The second-order valence-corrected chi connectivity index (χ2v) is 6.02. The average Bonchev–Trinajstić information content (AvgIpc) is 2.14. The van der Waals surface area contributed by atoms with Gasteiger partial charge in [0.05, 0.1) is 0 Å². The fourth-order valence-corrected chi connectivity index (χ4v) is 2.56. The van der Waals surface area contributed by atoms with Crippen LogP contribution in [0, 0.1) is 19.3 Å². The van der Waals surface area contributed by atoms with E-state index >= 15 is 0 Å². The van der Waals surface area contributed by atoms with Gasteiger partial charge in [-0.25, -0.2) is 9.97 Å². The molecule has 0 amide bonds. The Hall–Kier alpha value is -0.0900. The predicted octanol–water partition coefficient (Wildman–Crippen LogP) is 3.61. The molecule has 0 bridgehead atoms. The van der Waals surface area contributed by atoms with Crippen LogP contribution in [0.1, 0.15) is 25.2 Å². The van der Waals surface area contributed by atoms with Crippen LogP contribution in [0.4, 0.5) is 0 Å². The molecule has 0 atom stereocenters. The van der Waals surface area contributed by atoms with Crippen molar-refractivity contribution in [1.82, 2.24) is 9.97 Å². The summed E-state index contributed by atoms with van der Waals surface area (Å²) in [5.41, 5.74) is 2.37. The quantitative estimate of drug-likeness (QED) is 0.481. The molecule has 0 N–H and O–H groups in total. The molecule has 0 aromatic carbocycles. The molecule has 84 valence electrons. The van der Waals surface area contributed by atoms with Crippen molar-refractivity contribution in [2.75, 3.05) is 11.1 Å². The highest BCUT2D eigenvalue weighted by molar-refractivity contribution is 9.09. The number of aryl methyl sites for hydroxylation is 2. The molecule has 1 aromatic rings. The molecule has 4 heteroatoms. The minimum atomic E-state index is 0.283. The van der Waals surface area contributed by atoms with Crippen LogP contribution in [0.3, 0.4) is 0 Å². The van der Waals surface area contributed by atoms with Crippen LogP contribution < -0.4 is 0 Å². The normalized spacial score (nSPS) is 11.8. The zero-order valence-corrected chi connectivity index (χ0v) is 12.1. The van der Waals surface area contributed by atoms with Gasteiger partial charge in [0.1, 0.15) is 0 Å². The maximum absolute atomic E-state index is 4.41. The van der Waals surface area contributed by atoms with Crippen molar-refractivity contribution in [1.29, 1.82) is 0 Å². The number of hydrogen-bond donors (Lipinski definition) is 0. The van der Waals surface area contributed by atoms with Crippen molar-refractivity contribution in [2.24, 2.45) is 5.41 Å². The lowest BCUT2D eigenvalue weighted by Crippen LogP contribution is -2.16. The van der Waals surface area contributed by atoms with Crippen molar-refractivity contribution < 1.29 is 0 Å². The van der Waals surface area contributed by atoms with E-state index in [1.165, 1.54) is 0 Å². The summed E-state index contributed by atoms with van der Waals surface area (Å²) < 4.78 is 0. The first-order chi connectivity index (χ1) is 6.93. The second-order valence-electron chi connectivity index (χ2n) is 4.52. The van der Waals surface area contributed by atoms with Crippen LogP contribution in [0.2, 0.25) is 0 Å². The van der Waals surface area contributed by atoms with Gasteiger partial charge in [-0.05, 0) is 25.3 Å². The first-order valence-corrected chi connectivity index (χ1v) is 7.05. The average molecular weight is 289 g/mol. The van der Waals surface area contributed by atoms with E-state index in [-0.39, 0.29) is 5.41 Å². The molecule has 0 radical (unpaired) electrons. The van der Waals surface area contributed by atoms with Gasteiger partial charge < -0.3 is 0 Å². The Labute approximate surface area is 104 Å². The van der Waals surface area contributed by atoms with Crippen LogP contribution in [0.5, 0.6) is 0 Å². The molecule has 1 aromatic heterocycles. The van der Waals surface area contributed by atoms with Crippen LogP contribution in [0.15, 0.2) is 11.2 Å². The van der Waals surface area contributed by atoms with E-state index in [1.807, 2.05) is 19.9 Å². The second kappa shape index (κ2) is 5.30. The summed E-state index contributed by atoms with van der Waals surface area (Å²) in [6.07, 6.45) is 0. The van der Waals surface area contributed by atoms with Gasteiger partial charge in [-0.2, -0.15) is 0 Å². The SMILES string of the molecule is Cc1cc(C)nc(SCC(C)(C)CBr)n1. The standard InChI is InChI=1S/C11H17BrN2S/c1-8-5-9(2)14-10(13-8)15-7-11(3,4)6-12/h5H,6-7H2,1-4H3.